The third-order valence-electron chi connectivity index (χ3n) is 6.23. The predicted octanol–water partition coefficient (Wildman–Crippen LogP) is 3.08. The van der Waals surface area contributed by atoms with Crippen LogP contribution in [-0.4, -0.2) is 29.1 Å². The van der Waals surface area contributed by atoms with Gasteiger partial charge in [-0.3, -0.25) is 4.90 Å². The monoisotopic (exact) mass is 281 g/mol. The number of likely N-dealkylation sites (tertiary alicyclic amines) is 1. The molecule has 1 aromatic carbocycles. The van der Waals surface area contributed by atoms with Gasteiger partial charge in [-0.1, -0.05) is 24.8 Å². The molecule has 0 unspecified atom stereocenters. The lowest BCUT2D eigenvalue weighted by Crippen LogP contribution is -2.60. The van der Waals surface area contributed by atoms with Crippen molar-refractivity contribution in [2.75, 3.05) is 13.1 Å². The van der Waals surface area contributed by atoms with E-state index in [1.165, 1.54) is 43.2 Å². The summed E-state index contributed by atoms with van der Waals surface area (Å²) in [6.07, 6.45) is 13.2. The van der Waals surface area contributed by atoms with Crippen molar-refractivity contribution >= 4 is 0 Å². The number of rotatable bonds is 1. The minimum Gasteiger partial charge on any atom is -0.508 e. The molecule has 2 nitrogen and oxygen atoms in total. The average Bonchev–Trinajstić information content (AvgIpc) is 2.51. The van der Waals surface area contributed by atoms with E-state index in [1.807, 2.05) is 6.07 Å². The summed E-state index contributed by atoms with van der Waals surface area (Å²) in [6, 6.07) is 6.65. The van der Waals surface area contributed by atoms with Crippen LogP contribution in [0.25, 0.3) is 0 Å². The molecule has 3 atom stereocenters. The Balaban J connectivity index is 1.84. The number of phenolic OH excluding ortho intramolecular Hbond substituents is 1. The van der Waals surface area contributed by atoms with E-state index in [0.29, 0.717) is 17.2 Å². The van der Waals surface area contributed by atoms with Crippen LogP contribution in [0.2, 0.25) is 0 Å². The summed E-state index contributed by atoms with van der Waals surface area (Å²) in [6.45, 7) is 1.89. The second-order valence-electron chi connectivity index (χ2n) is 7.05. The molecule has 1 heterocycles. The molecule has 1 saturated heterocycles. The first-order valence-corrected chi connectivity index (χ1v) is 8.24. The molecule has 1 aliphatic heterocycles. The number of nitrogens with zero attached hydrogens (tertiary/aromatic N) is 1. The van der Waals surface area contributed by atoms with Gasteiger partial charge in [0.25, 0.3) is 0 Å². The first-order chi connectivity index (χ1) is 10.2. The second-order valence-corrected chi connectivity index (χ2v) is 7.05. The van der Waals surface area contributed by atoms with Crippen molar-refractivity contribution in [1.82, 2.24) is 4.90 Å². The number of terminal acetylenes is 1. The second kappa shape index (κ2) is 4.78. The van der Waals surface area contributed by atoms with Crippen molar-refractivity contribution in [2.24, 2.45) is 5.92 Å². The molecule has 21 heavy (non-hydrogen) atoms. The summed E-state index contributed by atoms with van der Waals surface area (Å²) in [5.41, 5.74) is 3.20. The number of piperidine rings is 1. The number of fused-ring (bicyclic) bond motifs is 1. The Morgan fingerprint density at radius 3 is 3.10 bits per heavy atom. The lowest BCUT2D eigenvalue weighted by molar-refractivity contribution is -0.00416. The van der Waals surface area contributed by atoms with Gasteiger partial charge in [0.2, 0.25) is 0 Å². The SMILES string of the molecule is C#CCN1CC[C@@]23CCCC[C@H]2[C@H]1Cc1ccc(O)cc13. The van der Waals surface area contributed by atoms with Gasteiger partial charge in [-0.2, -0.15) is 0 Å². The molecular weight excluding hydrogens is 258 g/mol. The lowest BCUT2D eigenvalue weighted by Gasteiger charge is -2.58. The van der Waals surface area contributed by atoms with Crippen molar-refractivity contribution < 1.29 is 5.11 Å². The van der Waals surface area contributed by atoms with Gasteiger partial charge in [-0.15, -0.1) is 6.42 Å². The van der Waals surface area contributed by atoms with E-state index >= 15 is 0 Å². The molecule has 2 bridgehead atoms. The van der Waals surface area contributed by atoms with E-state index in [1.54, 1.807) is 0 Å². The maximum absolute atomic E-state index is 9.97. The summed E-state index contributed by atoms with van der Waals surface area (Å²) < 4.78 is 0. The molecule has 2 heteroatoms. The maximum atomic E-state index is 9.97. The molecule has 0 radical (unpaired) electrons. The molecule has 1 aromatic rings. The first-order valence-electron chi connectivity index (χ1n) is 8.24. The van der Waals surface area contributed by atoms with Crippen molar-refractivity contribution in [3.05, 3.63) is 29.3 Å². The van der Waals surface area contributed by atoms with E-state index in [9.17, 15) is 5.11 Å². The van der Waals surface area contributed by atoms with Gasteiger partial charge in [0, 0.05) is 18.0 Å². The molecule has 2 fully saturated rings. The molecule has 2 aliphatic carbocycles. The van der Waals surface area contributed by atoms with Gasteiger partial charge in [0.15, 0.2) is 0 Å². The molecule has 1 saturated carbocycles. The fourth-order valence-electron chi connectivity index (χ4n) is 5.39. The average molecular weight is 281 g/mol. The predicted molar refractivity (Wildman–Crippen MR) is 84.3 cm³/mol. The third kappa shape index (κ3) is 1.84. The summed E-state index contributed by atoms with van der Waals surface area (Å²) in [5.74, 6) is 4.01. The maximum Gasteiger partial charge on any atom is 0.115 e. The highest BCUT2D eigenvalue weighted by atomic mass is 16.3. The van der Waals surface area contributed by atoms with Gasteiger partial charge >= 0.3 is 0 Å². The van der Waals surface area contributed by atoms with Gasteiger partial charge < -0.3 is 5.11 Å². The fraction of sp³-hybridized carbons (Fsp3) is 0.579. The number of aromatic hydroxyl groups is 1. The Hall–Kier alpha value is -1.46. The highest BCUT2D eigenvalue weighted by Gasteiger charge is 2.53. The zero-order valence-corrected chi connectivity index (χ0v) is 12.5. The van der Waals surface area contributed by atoms with Crippen LogP contribution in [0.5, 0.6) is 5.75 Å². The molecular formula is C19H23NO. The van der Waals surface area contributed by atoms with E-state index < -0.39 is 0 Å². The number of benzene rings is 1. The van der Waals surface area contributed by atoms with Gasteiger partial charge in [0.05, 0.1) is 6.54 Å². The van der Waals surface area contributed by atoms with Crippen molar-refractivity contribution in [1.29, 1.82) is 0 Å². The van der Waals surface area contributed by atoms with E-state index in [0.717, 1.165) is 25.4 Å². The third-order valence-corrected chi connectivity index (χ3v) is 6.23. The zero-order chi connectivity index (χ0) is 14.4. The van der Waals surface area contributed by atoms with Crippen LogP contribution in [0.15, 0.2) is 18.2 Å². The number of hydrogen-bond acceptors (Lipinski definition) is 2. The minimum absolute atomic E-state index is 0.306. The Bertz CT molecular complexity index is 602. The molecule has 0 amide bonds. The van der Waals surface area contributed by atoms with Crippen molar-refractivity contribution in [2.45, 2.75) is 50.0 Å². The Morgan fingerprint density at radius 2 is 2.24 bits per heavy atom. The standard InChI is InChI=1S/C19H23NO/c1-2-10-20-11-9-19-8-4-3-5-16(19)18(20)12-14-6-7-15(21)13-17(14)19/h1,6-7,13,16,18,21H,3-5,8-12H2/t16-,18+,19-/m0/s1. The normalized spacial score (nSPS) is 34.6. The van der Waals surface area contributed by atoms with Gasteiger partial charge in [-0.05, 0) is 54.9 Å². The highest BCUT2D eigenvalue weighted by Crippen LogP contribution is 2.56. The summed E-state index contributed by atoms with van der Waals surface area (Å²) >= 11 is 0. The molecule has 3 aliphatic rings. The Morgan fingerprint density at radius 1 is 1.33 bits per heavy atom. The molecule has 1 N–H and O–H groups in total. The van der Waals surface area contributed by atoms with E-state index in [4.69, 9.17) is 6.42 Å². The fourth-order valence-corrected chi connectivity index (χ4v) is 5.39. The Kier molecular flexibility index (Phi) is 3.01. The smallest absolute Gasteiger partial charge is 0.115 e. The summed E-state index contributed by atoms with van der Waals surface area (Å²) in [4.78, 5) is 2.53. The quantitative estimate of drug-likeness (QED) is 0.800. The van der Waals surface area contributed by atoms with E-state index in [2.05, 4.69) is 23.0 Å². The first kappa shape index (κ1) is 13.2. The van der Waals surface area contributed by atoms with Gasteiger partial charge in [-0.25, -0.2) is 0 Å². The zero-order valence-electron chi connectivity index (χ0n) is 12.5. The number of hydrogen-bond donors (Lipinski definition) is 1. The van der Waals surface area contributed by atoms with E-state index in [-0.39, 0.29) is 0 Å². The molecule has 0 spiro atoms. The van der Waals surface area contributed by atoms with Crippen LogP contribution in [0.3, 0.4) is 0 Å². The molecule has 0 aromatic heterocycles. The number of phenols is 1. The van der Waals surface area contributed by atoms with Crippen LogP contribution >= 0.6 is 0 Å². The van der Waals surface area contributed by atoms with Crippen LogP contribution in [0.1, 0.15) is 43.2 Å². The highest BCUT2D eigenvalue weighted by molar-refractivity contribution is 5.45. The summed E-state index contributed by atoms with van der Waals surface area (Å²) in [7, 11) is 0. The largest absolute Gasteiger partial charge is 0.508 e. The van der Waals surface area contributed by atoms with Gasteiger partial charge in [0.1, 0.15) is 5.75 Å². The lowest BCUT2D eigenvalue weighted by atomic mass is 9.52. The molecule has 4 rings (SSSR count). The molecule has 110 valence electrons. The van der Waals surface area contributed by atoms with Crippen molar-refractivity contribution in [3.63, 3.8) is 0 Å². The summed E-state index contributed by atoms with van der Waals surface area (Å²) in [5, 5.41) is 9.97. The van der Waals surface area contributed by atoms with Crippen LogP contribution in [-0.2, 0) is 11.8 Å². The van der Waals surface area contributed by atoms with Crippen molar-refractivity contribution in [3.8, 4) is 18.1 Å². The minimum atomic E-state index is 0.306. The van der Waals surface area contributed by atoms with Crippen LogP contribution in [0, 0.1) is 18.3 Å². The van der Waals surface area contributed by atoms with Crippen LogP contribution in [0.4, 0.5) is 0 Å². The Labute approximate surface area is 127 Å². The van der Waals surface area contributed by atoms with Crippen LogP contribution < -0.4 is 0 Å². The topological polar surface area (TPSA) is 23.5 Å².